The molecule has 3 nitrogen and oxygen atoms in total. The Bertz CT molecular complexity index is 1010. The Kier molecular flexibility index (Phi) is 5.14. The third-order valence-corrected chi connectivity index (χ3v) is 6.26. The molecule has 134 valence electrons. The summed E-state index contributed by atoms with van der Waals surface area (Å²) in [6.07, 6.45) is 0. The number of hydrogen-bond donors (Lipinski definition) is 0. The Labute approximate surface area is 156 Å². The Morgan fingerprint density at radius 2 is 1.46 bits per heavy atom. The van der Waals surface area contributed by atoms with Crippen LogP contribution in [0.3, 0.4) is 0 Å². The van der Waals surface area contributed by atoms with Crippen molar-refractivity contribution in [2.24, 2.45) is 0 Å². The van der Waals surface area contributed by atoms with E-state index < -0.39 is 10.0 Å². The van der Waals surface area contributed by atoms with Crippen LogP contribution in [-0.4, -0.2) is 8.42 Å². The summed E-state index contributed by atoms with van der Waals surface area (Å²) in [5, 5.41) is 0. The second kappa shape index (κ2) is 7.34. The molecule has 0 heterocycles. The lowest BCUT2D eigenvalue weighted by Crippen LogP contribution is -2.31. The molecule has 26 heavy (non-hydrogen) atoms. The highest BCUT2D eigenvalue weighted by molar-refractivity contribution is 7.92. The van der Waals surface area contributed by atoms with Crippen LogP contribution in [0.5, 0.6) is 0 Å². The molecule has 0 fully saturated rings. The van der Waals surface area contributed by atoms with Crippen molar-refractivity contribution in [3.05, 3.63) is 95.1 Å². The van der Waals surface area contributed by atoms with Crippen LogP contribution < -0.4 is 4.31 Å². The van der Waals surface area contributed by atoms with Gasteiger partial charge in [-0.15, -0.1) is 0 Å². The molecule has 0 spiro atoms. The molecular formula is C22H23NO2S. The first-order valence-electron chi connectivity index (χ1n) is 8.58. The van der Waals surface area contributed by atoms with E-state index in [0.717, 1.165) is 22.3 Å². The summed E-state index contributed by atoms with van der Waals surface area (Å²) >= 11 is 0. The SMILES string of the molecule is Cc1ccc(S(=O)(=O)N(Cc2ccccc2C)c2cccc(C)c2)cc1. The monoisotopic (exact) mass is 365 g/mol. The van der Waals surface area contributed by atoms with Gasteiger partial charge in [-0.25, -0.2) is 8.42 Å². The molecule has 3 aromatic rings. The molecule has 0 saturated heterocycles. The molecule has 0 aliphatic rings. The Morgan fingerprint density at radius 3 is 2.12 bits per heavy atom. The van der Waals surface area contributed by atoms with Crippen LogP contribution in [-0.2, 0) is 16.6 Å². The van der Waals surface area contributed by atoms with Gasteiger partial charge in [0.1, 0.15) is 0 Å². The predicted octanol–water partition coefficient (Wildman–Crippen LogP) is 5.01. The van der Waals surface area contributed by atoms with Gasteiger partial charge < -0.3 is 0 Å². The summed E-state index contributed by atoms with van der Waals surface area (Å²) in [5.41, 5.74) is 4.80. The molecule has 0 amide bonds. The van der Waals surface area contributed by atoms with Crippen molar-refractivity contribution in [1.29, 1.82) is 0 Å². The van der Waals surface area contributed by atoms with Gasteiger partial charge in [0, 0.05) is 0 Å². The zero-order valence-corrected chi connectivity index (χ0v) is 16.1. The molecule has 0 atom stereocenters. The van der Waals surface area contributed by atoms with Gasteiger partial charge in [0.25, 0.3) is 10.0 Å². The van der Waals surface area contributed by atoms with E-state index >= 15 is 0 Å². The number of nitrogens with zero attached hydrogens (tertiary/aromatic N) is 1. The maximum absolute atomic E-state index is 13.4. The van der Waals surface area contributed by atoms with Crippen molar-refractivity contribution in [2.75, 3.05) is 4.31 Å². The van der Waals surface area contributed by atoms with Gasteiger partial charge in [-0.3, -0.25) is 4.31 Å². The van der Waals surface area contributed by atoms with Crippen molar-refractivity contribution < 1.29 is 8.42 Å². The largest absolute Gasteiger partial charge is 0.264 e. The van der Waals surface area contributed by atoms with Crippen LogP contribution in [0.15, 0.2) is 77.7 Å². The summed E-state index contributed by atoms with van der Waals surface area (Å²) in [4.78, 5) is 0.304. The van der Waals surface area contributed by atoms with Gasteiger partial charge in [0.2, 0.25) is 0 Å². The van der Waals surface area contributed by atoms with Gasteiger partial charge in [-0.1, -0.05) is 54.1 Å². The lowest BCUT2D eigenvalue weighted by Gasteiger charge is -2.26. The maximum Gasteiger partial charge on any atom is 0.264 e. The number of benzene rings is 3. The first-order chi connectivity index (χ1) is 12.4. The number of sulfonamides is 1. The summed E-state index contributed by atoms with van der Waals surface area (Å²) in [6, 6.07) is 22.5. The van der Waals surface area contributed by atoms with Crippen LogP contribution in [0.4, 0.5) is 5.69 Å². The normalized spacial score (nSPS) is 11.3. The summed E-state index contributed by atoms with van der Waals surface area (Å²) in [5.74, 6) is 0. The third-order valence-electron chi connectivity index (χ3n) is 4.47. The van der Waals surface area contributed by atoms with Crippen molar-refractivity contribution in [1.82, 2.24) is 0 Å². The molecule has 3 aromatic carbocycles. The standard InChI is InChI=1S/C22H23NO2S/c1-17-11-13-22(14-12-17)26(24,25)23(21-10-6-7-18(2)15-21)16-20-9-5-4-8-19(20)3/h4-15H,16H2,1-3H3. The zero-order chi connectivity index (χ0) is 18.7. The van der Waals surface area contributed by atoms with E-state index in [1.165, 1.54) is 4.31 Å². The summed E-state index contributed by atoms with van der Waals surface area (Å²) in [7, 11) is -3.67. The van der Waals surface area contributed by atoms with Gasteiger partial charge >= 0.3 is 0 Å². The smallest absolute Gasteiger partial charge is 0.262 e. The Morgan fingerprint density at radius 1 is 0.769 bits per heavy atom. The van der Waals surface area contributed by atoms with Crippen LogP contribution in [0, 0.1) is 20.8 Å². The average molecular weight is 365 g/mol. The molecule has 0 radical (unpaired) electrons. The van der Waals surface area contributed by atoms with E-state index in [4.69, 9.17) is 0 Å². The van der Waals surface area contributed by atoms with Gasteiger partial charge in [-0.2, -0.15) is 0 Å². The average Bonchev–Trinajstić information content (AvgIpc) is 2.61. The van der Waals surface area contributed by atoms with Crippen molar-refractivity contribution in [3.8, 4) is 0 Å². The number of rotatable bonds is 5. The Balaban J connectivity index is 2.11. The number of anilines is 1. The molecule has 0 N–H and O–H groups in total. The highest BCUT2D eigenvalue weighted by atomic mass is 32.2. The van der Waals surface area contributed by atoms with E-state index in [0.29, 0.717) is 17.1 Å². The fourth-order valence-corrected chi connectivity index (χ4v) is 4.31. The fraction of sp³-hybridized carbons (Fsp3) is 0.182. The minimum atomic E-state index is -3.67. The van der Waals surface area contributed by atoms with E-state index in [1.807, 2.05) is 81.4 Å². The number of hydrogen-bond acceptors (Lipinski definition) is 2. The van der Waals surface area contributed by atoms with Crippen LogP contribution in [0.2, 0.25) is 0 Å². The van der Waals surface area contributed by atoms with Crippen molar-refractivity contribution >= 4 is 15.7 Å². The summed E-state index contributed by atoms with van der Waals surface area (Å²) < 4.78 is 28.3. The molecule has 3 rings (SSSR count). The van der Waals surface area contributed by atoms with Crippen LogP contribution in [0.25, 0.3) is 0 Å². The molecule has 0 aliphatic carbocycles. The minimum absolute atomic E-state index is 0.298. The van der Waals surface area contributed by atoms with E-state index in [-0.39, 0.29) is 0 Å². The van der Waals surface area contributed by atoms with Gasteiger partial charge in [-0.05, 0) is 61.7 Å². The molecule has 0 aromatic heterocycles. The van der Waals surface area contributed by atoms with Crippen molar-refractivity contribution in [2.45, 2.75) is 32.2 Å². The van der Waals surface area contributed by atoms with Crippen LogP contribution >= 0.6 is 0 Å². The second-order valence-electron chi connectivity index (χ2n) is 6.59. The highest BCUT2D eigenvalue weighted by Gasteiger charge is 2.25. The summed E-state index contributed by atoms with van der Waals surface area (Å²) in [6.45, 7) is 6.21. The second-order valence-corrected chi connectivity index (χ2v) is 8.45. The lowest BCUT2D eigenvalue weighted by atomic mass is 10.1. The number of aryl methyl sites for hydroxylation is 3. The Hall–Kier alpha value is -2.59. The molecule has 4 heteroatoms. The maximum atomic E-state index is 13.4. The molecule has 0 bridgehead atoms. The first-order valence-corrected chi connectivity index (χ1v) is 10.0. The van der Waals surface area contributed by atoms with Crippen molar-refractivity contribution in [3.63, 3.8) is 0 Å². The zero-order valence-electron chi connectivity index (χ0n) is 15.3. The topological polar surface area (TPSA) is 37.4 Å². The predicted molar refractivity (Wildman–Crippen MR) is 107 cm³/mol. The third kappa shape index (κ3) is 3.81. The minimum Gasteiger partial charge on any atom is -0.262 e. The van der Waals surface area contributed by atoms with Gasteiger partial charge in [0.05, 0.1) is 17.1 Å². The fourth-order valence-electron chi connectivity index (χ4n) is 2.88. The molecule has 0 unspecified atom stereocenters. The van der Waals surface area contributed by atoms with Gasteiger partial charge in [0.15, 0.2) is 0 Å². The van der Waals surface area contributed by atoms with E-state index in [9.17, 15) is 8.42 Å². The molecule has 0 aliphatic heterocycles. The molecule has 0 saturated carbocycles. The quantitative estimate of drug-likeness (QED) is 0.637. The van der Waals surface area contributed by atoms with E-state index in [2.05, 4.69) is 0 Å². The lowest BCUT2D eigenvalue weighted by molar-refractivity contribution is 0.590. The first kappa shape index (κ1) is 18.2. The van der Waals surface area contributed by atoms with E-state index in [1.54, 1.807) is 12.1 Å². The van der Waals surface area contributed by atoms with Crippen LogP contribution in [0.1, 0.15) is 22.3 Å². The molecular weight excluding hydrogens is 342 g/mol. The highest BCUT2D eigenvalue weighted by Crippen LogP contribution is 2.27.